The fourth-order valence-corrected chi connectivity index (χ4v) is 2.11. The predicted molar refractivity (Wildman–Crippen MR) is 93.3 cm³/mol. The van der Waals surface area contributed by atoms with Crippen LogP contribution in [0, 0.1) is 0 Å². The number of hydrogen-bond donors (Lipinski definition) is 9. The van der Waals surface area contributed by atoms with Gasteiger partial charge in [-0.25, -0.2) is 0 Å². The Morgan fingerprint density at radius 3 is 1.93 bits per heavy atom. The summed E-state index contributed by atoms with van der Waals surface area (Å²) in [5.41, 5.74) is 0.638. The minimum atomic E-state index is -2.04. The highest BCUT2D eigenvalue weighted by Crippen LogP contribution is 2.12. The van der Waals surface area contributed by atoms with E-state index in [1.807, 2.05) is 0 Å². The normalized spacial score (nSPS) is 18.5. The van der Waals surface area contributed by atoms with Gasteiger partial charge in [0.05, 0.1) is 12.7 Å². The van der Waals surface area contributed by atoms with Crippen molar-refractivity contribution in [2.24, 2.45) is 0 Å². The van der Waals surface area contributed by atoms with E-state index in [9.17, 15) is 35.4 Å². The van der Waals surface area contributed by atoms with Crippen LogP contribution in [0.15, 0.2) is 30.3 Å². The summed E-state index contributed by atoms with van der Waals surface area (Å²) >= 11 is 0. The van der Waals surface area contributed by atoms with Crippen LogP contribution >= 0.6 is 0 Å². The summed E-state index contributed by atoms with van der Waals surface area (Å²) in [5, 5.41) is 77.8. The number of aliphatic hydroxyl groups excluding tert-OH is 7. The van der Waals surface area contributed by atoms with E-state index >= 15 is 0 Å². The van der Waals surface area contributed by atoms with Gasteiger partial charge in [0.2, 0.25) is 5.91 Å². The molecule has 152 valence electrons. The minimum Gasteiger partial charge on any atom is -0.508 e. The number of rotatable bonds is 10. The van der Waals surface area contributed by atoms with Crippen molar-refractivity contribution in [3.05, 3.63) is 35.9 Å². The molecule has 0 aliphatic rings. The number of nitrogens with one attached hydrogen (secondary N) is 1. The van der Waals surface area contributed by atoms with Crippen LogP contribution in [-0.2, 0) is 4.79 Å². The van der Waals surface area contributed by atoms with Crippen molar-refractivity contribution in [2.45, 2.75) is 36.6 Å². The number of phenols is 1. The SMILES string of the molecule is O=C(/C=C/c1ccc(O)cc1)NCC(O)C(O)C(O)C(O)C(O)C(O)CO. The smallest absolute Gasteiger partial charge is 0.244 e. The standard InChI is InChI=1S/C17H25NO9/c19-8-12(22)15(25)17(27)16(26)14(24)11(21)7-18-13(23)6-3-9-1-4-10(20)5-2-9/h1-6,11-12,14-17,19-22,24-27H,7-8H2,(H,18,23)/b6-3+. The van der Waals surface area contributed by atoms with Crippen LogP contribution in [-0.4, -0.2) is 96.5 Å². The molecule has 0 fully saturated rings. The maximum atomic E-state index is 11.7. The molecule has 0 heterocycles. The summed E-state index contributed by atoms with van der Waals surface area (Å²) in [6.45, 7) is -1.35. The van der Waals surface area contributed by atoms with Crippen molar-refractivity contribution in [3.8, 4) is 5.75 Å². The summed E-state index contributed by atoms with van der Waals surface area (Å²) in [4.78, 5) is 11.7. The van der Waals surface area contributed by atoms with Crippen LogP contribution in [0.25, 0.3) is 6.08 Å². The van der Waals surface area contributed by atoms with Crippen molar-refractivity contribution < 1.29 is 45.6 Å². The zero-order valence-electron chi connectivity index (χ0n) is 14.3. The molecule has 6 atom stereocenters. The van der Waals surface area contributed by atoms with E-state index < -0.39 is 55.7 Å². The van der Waals surface area contributed by atoms with Gasteiger partial charge in [0.1, 0.15) is 36.3 Å². The van der Waals surface area contributed by atoms with E-state index in [-0.39, 0.29) is 5.75 Å². The van der Waals surface area contributed by atoms with E-state index in [0.29, 0.717) is 5.56 Å². The van der Waals surface area contributed by atoms with Gasteiger partial charge >= 0.3 is 0 Å². The first-order valence-electron chi connectivity index (χ1n) is 8.11. The molecule has 1 aromatic carbocycles. The van der Waals surface area contributed by atoms with Gasteiger partial charge in [-0.1, -0.05) is 12.1 Å². The van der Waals surface area contributed by atoms with E-state index in [2.05, 4.69) is 5.32 Å². The highest BCUT2D eigenvalue weighted by Gasteiger charge is 2.36. The third-order valence-corrected chi connectivity index (χ3v) is 3.83. The minimum absolute atomic E-state index is 0.0751. The molecular weight excluding hydrogens is 362 g/mol. The summed E-state index contributed by atoms with van der Waals surface area (Å²) in [6, 6.07) is 6.02. The molecule has 0 saturated heterocycles. The highest BCUT2D eigenvalue weighted by molar-refractivity contribution is 5.91. The highest BCUT2D eigenvalue weighted by atomic mass is 16.4. The summed E-state index contributed by atoms with van der Waals surface area (Å²) in [7, 11) is 0. The van der Waals surface area contributed by atoms with Gasteiger partial charge in [0.25, 0.3) is 0 Å². The zero-order chi connectivity index (χ0) is 20.6. The zero-order valence-corrected chi connectivity index (χ0v) is 14.3. The fourth-order valence-electron chi connectivity index (χ4n) is 2.11. The van der Waals surface area contributed by atoms with E-state index in [4.69, 9.17) is 10.2 Å². The second kappa shape index (κ2) is 10.9. The van der Waals surface area contributed by atoms with Gasteiger partial charge in [-0.3, -0.25) is 4.79 Å². The predicted octanol–water partition coefficient (Wildman–Crippen LogP) is -3.32. The van der Waals surface area contributed by atoms with Crippen molar-refractivity contribution >= 4 is 12.0 Å². The van der Waals surface area contributed by atoms with Gasteiger partial charge in [-0.15, -0.1) is 0 Å². The van der Waals surface area contributed by atoms with Gasteiger partial charge in [0.15, 0.2) is 0 Å². The maximum Gasteiger partial charge on any atom is 0.244 e. The Bertz CT molecular complexity index is 607. The van der Waals surface area contributed by atoms with Crippen molar-refractivity contribution in [1.29, 1.82) is 0 Å². The first-order chi connectivity index (χ1) is 12.7. The van der Waals surface area contributed by atoms with Gasteiger partial charge in [-0.2, -0.15) is 0 Å². The molecule has 0 bridgehead atoms. The number of aromatic hydroxyl groups is 1. The maximum absolute atomic E-state index is 11.7. The first kappa shape index (κ1) is 23.0. The monoisotopic (exact) mass is 387 g/mol. The third kappa shape index (κ3) is 7.23. The van der Waals surface area contributed by atoms with Crippen molar-refractivity contribution in [2.75, 3.05) is 13.2 Å². The number of benzene rings is 1. The molecule has 0 aliphatic heterocycles. The Balaban J connectivity index is 2.50. The summed E-state index contributed by atoms with van der Waals surface area (Å²) in [6.07, 6.45) is -8.80. The van der Waals surface area contributed by atoms with Crippen LogP contribution in [0.3, 0.4) is 0 Å². The van der Waals surface area contributed by atoms with Crippen LogP contribution in [0.4, 0.5) is 0 Å². The lowest BCUT2D eigenvalue weighted by Gasteiger charge is -2.30. The van der Waals surface area contributed by atoms with Crippen LogP contribution in [0.2, 0.25) is 0 Å². The molecule has 0 radical (unpaired) electrons. The van der Waals surface area contributed by atoms with Crippen LogP contribution < -0.4 is 5.32 Å². The molecule has 0 spiro atoms. The van der Waals surface area contributed by atoms with Gasteiger partial charge in [-0.05, 0) is 23.8 Å². The Hall–Kier alpha value is -2.05. The first-order valence-corrected chi connectivity index (χ1v) is 8.11. The number of amides is 1. The topological polar surface area (TPSA) is 191 Å². The molecule has 1 amide bonds. The molecule has 10 heteroatoms. The molecule has 0 aliphatic carbocycles. The number of carbonyl (C=O) groups excluding carboxylic acids is 1. The largest absolute Gasteiger partial charge is 0.508 e. The second-order valence-corrected chi connectivity index (χ2v) is 5.95. The van der Waals surface area contributed by atoms with Crippen molar-refractivity contribution in [1.82, 2.24) is 5.32 Å². The number of phenolic OH excluding ortho intramolecular Hbond substituents is 1. The molecule has 27 heavy (non-hydrogen) atoms. The van der Waals surface area contributed by atoms with E-state index in [1.165, 1.54) is 18.2 Å². The molecule has 1 aromatic rings. The average molecular weight is 387 g/mol. The second-order valence-electron chi connectivity index (χ2n) is 5.95. The fraction of sp³-hybridized carbons (Fsp3) is 0.471. The molecule has 0 saturated carbocycles. The molecule has 10 nitrogen and oxygen atoms in total. The molecular formula is C17H25NO9. The number of carbonyl (C=O) groups is 1. The summed E-state index contributed by atoms with van der Waals surface area (Å²) in [5.74, 6) is -0.536. The lowest BCUT2D eigenvalue weighted by atomic mass is 9.96. The van der Waals surface area contributed by atoms with Gasteiger partial charge < -0.3 is 46.2 Å². The Morgan fingerprint density at radius 1 is 0.889 bits per heavy atom. The Labute approximate surface area is 155 Å². The number of hydrogen-bond acceptors (Lipinski definition) is 9. The molecule has 0 aromatic heterocycles. The molecule has 9 N–H and O–H groups in total. The number of aliphatic hydroxyl groups is 7. The quantitative estimate of drug-likeness (QED) is 0.185. The average Bonchev–Trinajstić information content (AvgIpc) is 2.68. The van der Waals surface area contributed by atoms with Gasteiger partial charge in [0, 0.05) is 12.6 Å². The van der Waals surface area contributed by atoms with Crippen LogP contribution in [0.1, 0.15) is 5.56 Å². The Morgan fingerprint density at radius 2 is 1.41 bits per heavy atom. The lowest BCUT2D eigenvalue weighted by molar-refractivity contribution is -0.157. The molecule has 6 unspecified atom stereocenters. The van der Waals surface area contributed by atoms with Crippen LogP contribution in [0.5, 0.6) is 5.75 Å². The van der Waals surface area contributed by atoms with E-state index in [1.54, 1.807) is 12.1 Å². The van der Waals surface area contributed by atoms with Crippen molar-refractivity contribution in [3.63, 3.8) is 0 Å². The Kier molecular flexibility index (Phi) is 9.32. The summed E-state index contributed by atoms with van der Waals surface area (Å²) < 4.78 is 0. The third-order valence-electron chi connectivity index (χ3n) is 3.83. The molecule has 1 rings (SSSR count). The lowest BCUT2D eigenvalue weighted by Crippen LogP contribution is -2.54. The van der Waals surface area contributed by atoms with E-state index in [0.717, 1.165) is 6.08 Å².